The van der Waals surface area contributed by atoms with Crippen LogP contribution in [0, 0.1) is 0 Å². The number of nitrogens with two attached hydrogens (primary N) is 1. The summed E-state index contributed by atoms with van der Waals surface area (Å²) in [6, 6.07) is -1.03. The summed E-state index contributed by atoms with van der Waals surface area (Å²) in [5.74, 6) is -3.06. The molecule has 0 heterocycles. The minimum atomic E-state index is -1.74. The van der Waals surface area contributed by atoms with Gasteiger partial charge in [-0.25, -0.2) is 4.79 Å². The summed E-state index contributed by atoms with van der Waals surface area (Å²) in [6.45, 7) is 0.0341. The van der Waals surface area contributed by atoms with Crippen LogP contribution in [0.25, 0.3) is 0 Å². The number of halogens is 1. The van der Waals surface area contributed by atoms with Gasteiger partial charge in [0, 0.05) is 12.4 Å². The average Bonchev–Trinajstić information content (AvgIpc) is 2.32. The van der Waals surface area contributed by atoms with Crippen LogP contribution in [0.2, 0.25) is 0 Å². The fourth-order valence-electron chi connectivity index (χ4n) is 1.01. The lowest BCUT2D eigenvalue weighted by molar-refractivity contribution is -0.167. The molecular weight excluding hydrogens is 314 g/mol. The number of hydrogen-bond acceptors (Lipinski definition) is 7. The Balaban J connectivity index is 0. The Hall–Kier alpha value is -1.03. The number of esters is 1. The third kappa shape index (κ3) is 9.84. The molecule has 1 unspecified atom stereocenters. The lowest BCUT2D eigenvalue weighted by Crippen LogP contribution is -2.39. The molecule has 0 radical (unpaired) electrons. The molecule has 0 aromatic heterocycles. The van der Waals surface area contributed by atoms with Crippen LogP contribution >= 0.6 is 24.2 Å². The third-order valence-corrected chi connectivity index (χ3v) is 3.11. The van der Waals surface area contributed by atoms with E-state index in [1.165, 1.54) is 11.8 Å². The molecule has 0 aliphatic rings. The number of hydrogen-bond donors (Lipinski definition) is 4. The zero-order chi connectivity index (χ0) is 14.8. The van der Waals surface area contributed by atoms with Gasteiger partial charge in [0.1, 0.15) is 6.04 Å². The third-order valence-electron chi connectivity index (χ3n) is 1.94. The first-order chi connectivity index (χ1) is 8.88. The van der Waals surface area contributed by atoms with Crippen molar-refractivity contribution in [2.24, 2.45) is 5.73 Å². The van der Waals surface area contributed by atoms with Crippen LogP contribution in [0.15, 0.2) is 0 Å². The van der Waals surface area contributed by atoms with Crippen LogP contribution in [0.5, 0.6) is 0 Å². The second kappa shape index (κ2) is 11.8. The topological polar surface area (TPSA) is 147 Å². The molecular formula is C10H18ClNO7S. The molecule has 0 rings (SSSR count). The van der Waals surface area contributed by atoms with Crippen molar-refractivity contribution in [1.82, 2.24) is 0 Å². The van der Waals surface area contributed by atoms with Gasteiger partial charge in [-0.2, -0.15) is 11.8 Å². The number of aliphatic hydroxyl groups is 1. The molecule has 0 aliphatic heterocycles. The Labute approximate surface area is 126 Å². The smallest absolute Gasteiger partial charge is 0.345 e. The Morgan fingerprint density at radius 3 is 2.30 bits per heavy atom. The molecule has 8 nitrogen and oxygen atoms in total. The molecule has 0 fully saturated rings. The quantitative estimate of drug-likeness (QED) is 0.302. The molecule has 0 amide bonds. The lowest BCUT2D eigenvalue weighted by atomic mass is 10.2. The maximum Gasteiger partial charge on any atom is 0.345 e. The van der Waals surface area contributed by atoms with Crippen LogP contribution in [-0.4, -0.2) is 63.5 Å². The first kappa shape index (κ1) is 21.3. The SMILES string of the molecule is Cl.N[C@@H](CSCCCO)C(=O)OC(CC(=O)O)C(=O)O. The van der Waals surface area contributed by atoms with Crippen molar-refractivity contribution in [2.45, 2.75) is 25.0 Å². The molecule has 10 heteroatoms. The van der Waals surface area contributed by atoms with E-state index in [0.29, 0.717) is 12.2 Å². The highest BCUT2D eigenvalue weighted by Gasteiger charge is 2.27. The molecule has 5 N–H and O–H groups in total. The van der Waals surface area contributed by atoms with Crippen molar-refractivity contribution >= 4 is 42.1 Å². The molecule has 0 aliphatic carbocycles. The van der Waals surface area contributed by atoms with E-state index in [1.54, 1.807) is 0 Å². The first-order valence-electron chi connectivity index (χ1n) is 5.47. The van der Waals surface area contributed by atoms with Crippen molar-refractivity contribution < 1.29 is 34.4 Å². The largest absolute Gasteiger partial charge is 0.481 e. The number of aliphatic carboxylic acids is 2. The second-order valence-electron chi connectivity index (χ2n) is 3.62. The Kier molecular flexibility index (Phi) is 12.5. The Morgan fingerprint density at radius 1 is 1.25 bits per heavy atom. The van der Waals surface area contributed by atoms with Crippen LogP contribution in [0.4, 0.5) is 0 Å². The summed E-state index contributed by atoms with van der Waals surface area (Å²) in [7, 11) is 0. The highest BCUT2D eigenvalue weighted by Crippen LogP contribution is 2.07. The normalized spacial score (nSPS) is 12.9. The number of aliphatic hydroxyl groups excluding tert-OH is 1. The van der Waals surface area contributed by atoms with Crippen molar-refractivity contribution in [1.29, 1.82) is 0 Å². The van der Waals surface area contributed by atoms with Crippen LogP contribution < -0.4 is 5.73 Å². The maximum absolute atomic E-state index is 11.4. The first-order valence-corrected chi connectivity index (χ1v) is 6.63. The van der Waals surface area contributed by atoms with Gasteiger partial charge in [0.25, 0.3) is 0 Å². The molecule has 0 spiro atoms. The van der Waals surface area contributed by atoms with Gasteiger partial charge in [0.05, 0.1) is 6.42 Å². The monoisotopic (exact) mass is 331 g/mol. The van der Waals surface area contributed by atoms with Gasteiger partial charge in [-0.1, -0.05) is 0 Å². The molecule has 2 atom stereocenters. The molecule has 20 heavy (non-hydrogen) atoms. The molecule has 0 saturated carbocycles. The van der Waals surface area contributed by atoms with E-state index in [0.717, 1.165) is 0 Å². The van der Waals surface area contributed by atoms with Crippen LogP contribution in [-0.2, 0) is 19.1 Å². The van der Waals surface area contributed by atoms with Gasteiger partial charge in [0.2, 0.25) is 6.10 Å². The number of rotatable bonds is 10. The van der Waals surface area contributed by atoms with E-state index >= 15 is 0 Å². The van der Waals surface area contributed by atoms with Gasteiger partial charge < -0.3 is 25.8 Å². The van der Waals surface area contributed by atoms with Gasteiger partial charge >= 0.3 is 17.9 Å². The minimum Gasteiger partial charge on any atom is -0.481 e. The van der Waals surface area contributed by atoms with Crippen LogP contribution in [0.1, 0.15) is 12.8 Å². The number of carbonyl (C=O) groups is 3. The Morgan fingerprint density at radius 2 is 1.85 bits per heavy atom. The van der Waals surface area contributed by atoms with Gasteiger partial charge in [-0.3, -0.25) is 9.59 Å². The molecule has 0 saturated heterocycles. The predicted molar refractivity (Wildman–Crippen MR) is 74.0 cm³/mol. The van der Waals surface area contributed by atoms with E-state index in [4.69, 9.17) is 21.1 Å². The van der Waals surface area contributed by atoms with Gasteiger partial charge in [0.15, 0.2) is 0 Å². The fraction of sp³-hybridized carbons (Fsp3) is 0.700. The highest BCUT2D eigenvalue weighted by atomic mass is 35.5. The van der Waals surface area contributed by atoms with Crippen molar-refractivity contribution in [3.8, 4) is 0 Å². The number of carboxylic acids is 2. The molecule has 0 aromatic rings. The van der Waals surface area contributed by atoms with Crippen molar-refractivity contribution in [3.05, 3.63) is 0 Å². The Bertz CT molecular complexity index is 329. The van der Waals surface area contributed by atoms with Gasteiger partial charge in [-0.05, 0) is 12.2 Å². The lowest BCUT2D eigenvalue weighted by Gasteiger charge is -2.15. The number of carbonyl (C=O) groups excluding carboxylic acids is 1. The molecule has 118 valence electrons. The summed E-state index contributed by atoms with van der Waals surface area (Å²) < 4.78 is 4.53. The number of ether oxygens (including phenoxy) is 1. The highest BCUT2D eigenvalue weighted by molar-refractivity contribution is 7.99. The average molecular weight is 332 g/mol. The maximum atomic E-state index is 11.4. The zero-order valence-corrected chi connectivity index (χ0v) is 12.2. The number of carboxylic acid groups (broad SMARTS) is 2. The zero-order valence-electron chi connectivity index (χ0n) is 10.6. The fourth-order valence-corrected chi connectivity index (χ4v) is 1.90. The molecule has 0 aromatic carbocycles. The summed E-state index contributed by atoms with van der Waals surface area (Å²) >= 11 is 1.31. The number of thioether (sulfide) groups is 1. The van der Waals surface area contributed by atoms with Crippen molar-refractivity contribution in [3.63, 3.8) is 0 Å². The second-order valence-corrected chi connectivity index (χ2v) is 4.77. The summed E-state index contributed by atoms with van der Waals surface area (Å²) in [5.41, 5.74) is 5.48. The minimum absolute atomic E-state index is 0. The van der Waals surface area contributed by atoms with Crippen LogP contribution in [0.3, 0.4) is 0 Å². The van der Waals surface area contributed by atoms with E-state index in [2.05, 4.69) is 4.74 Å². The summed E-state index contributed by atoms with van der Waals surface area (Å²) in [4.78, 5) is 32.5. The standard InChI is InChI=1S/C10H17NO7S.ClH/c11-6(5-19-3-1-2-12)10(17)18-7(9(15)16)4-8(13)14;/h6-7,12H,1-5,11H2,(H,13,14)(H,15,16);1H/t6-,7?;/m0./s1. The van der Waals surface area contributed by atoms with E-state index in [9.17, 15) is 14.4 Å². The van der Waals surface area contributed by atoms with Gasteiger partial charge in [-0.15, -0.1) is 12.4 Å². The van der Waals surface area contributed by atoms with Crippen molar-refractivity contribution in [2.75, 3.05) is 18.1 Å². The summed E-state index contributed by atoms with van der Waals surface area (Å²) in [5, 5.41) is 25.7. The predicted octanol–water partition coefficient (Wildman–Crippen LogP) is -0.678. The van der Waals surface area contributed by atoms with E-state index in [-0.39, 0.29) is 24.8 Å². The van der Waals surface area contributed by atoms with E-state index in [1.807, 2.05) is 0 Å². The summed E-state index contributed by atoms with van der Waals surface area (Å²) in [6.07, 6.45) is -1.99. The molecule has 0 bridgehead atoms. The van der Waals surface area contributed by atoms with E-state index < -0.39 is 36.5 Å².